The molecule has 0 spiro atoms. The Kier molecular flexibility index (Phi) is 3.82. The molecule has 0 saturated carbocycles. The zero-order valence-corrected chi connectivity index (χ0v) is 7.88. The second kappa shape index (κ2) is 4.70. The van der Waals surface area contributed by atoms with Gasteiger partial charge < -0.3 is 25.4 Å². The molecule has 1 fully saturated rings. The number of aliphatic hydroxyl groups excluding tert-OH is 2. The molecule has 0 amide bonds. The molecule has 0 radical (unpaired) electrons. The van der Waals surface area contributed by atoms with Gasteiger partial charge in [-0.05, 0) is 0 Å². The van der Waals surface area contributed by atoms with Crippen molar-refractivity contribution in [2.24, 2.45) is 0 Å². The number of carbonyl (C=O) groups is 1. The first-order valence-corrected chi connectivity index (χ1v) is 4.39. The van der Waals surface area contributed by atoms with E-state index < -0.39 is 30.3 Å². The molecule has 14 heavy (non-hydrogen) atoms. The van der Waals surface area contributed by atoms with E-state index in [0.29, 0.717) is 0 Å². The van der Waals surface area contributed by atoms with E-state index in [9.17, 15) is 9.90 Å². The number of aliphatic carboxylic acids is 1. The average Bonchev–Trinajstić information content (AvgIpc) is 2.41. The van der Waals surface area contributed by atoms with Gasteiger partial charge in [-0.25, -0.2) is 0 Å². The topological polar surface area (TPSA) is 99.0 Å². The Bertz CT molecular complexity index is 210. The van der Waals surface area contributed by atoms with Crippen molar-refractivity contribution in [3.63, 3.8) is 0 Å². The predicted octanol–water partition coefficient (Wildman–Crippen LogP) is -1.83. The van der Waals surface area contributed by atoms with E-state index >= 15 is 0 Å². The minimum absolute atomic E-state index is 0.133. The van der Waals surface area contributed by atoms with Gasteiger partial charge in [-0.15, -0.1) is 0 Å². The third-order valence-electron chi connectivity index (χ3n) is 2.44. The second-order valence-corrected chi connectivity index (χ2v) is 3.35. The van der Waals surface area contributed by atoms with E-state index in [-0.39, 0.29) is 13.0 Å². The number of aliphatic hydroxyl groups is 2. The van der Waals surface area contributed by atoms with E-state index in [2.05, 4.69) is 5.32 Å². The molecule has 4 N–H and O–H groups in total. The van der Waals surface area contributed by atoms with Crippen LogP contribution in [-0.4, -0.2) is 59.3 Å². The van der Waals surface area contributed by atoms with Crippen LogP contribution in [0, 0.1) is 0 Å². The summed E-state index contributed by atoms with van der Waals surface area (Å²) >= 11 is 0. The first-order valence-electron chi connectivity index (χ1n) is 4.39. The third-order valence-corrected chi connectivity index (χ3v) is 2.44. The summed E-state index contributed by atoms with van der Waals surface area (Å²) in [5.41, 5.74) is 0. The molecule has 0 aromatic carbocycles. The highest BCUT2D eigenvalue weighted by atomic mass is 16.5. The van der Waals surface area contributed by atoms with E-state index in [1.807, 2.05) is 0 Å². The fraction of sp³-hybridized carbons (Fsp3) is 0.875. The normalized spacial score (nSPS) is 37.4. The van der Waals surface area contributed by atoms with Crippen LogP contribution in [0.15, 0.2) is 0 Å². The average molecular weight is 205 g/mol. The number of methoxy groups -OCH3 is 1. The van der Waals surface area contributed by atoms with Gasteiger partial charge in [0.15, 0.2) is 0 Å². The van der Waals surface area contributed by atoms with Crippen molar-refractivity contribution in [1.29, 1.82) is 0 Å². The van der Waals surface area contributed by atoms with Crippen molar-refractivity contribution in [3.05, 3.63) is 0 Å². The predicted molar refractivity (Wildman–Crippen MR) is 46.9 cm³/mol. The van der Waals surface area contributed by atoms with Crippen molar-refractivity contribution in [1.82, 2.24) is 5.32 Å². The Balaban J connectivity index is 2.62. The molecule has 0 aliphatic carbocycles. The molecule has 0 aromatic rings. The number of hydrogen-bond acceptors (Lipinski definition) is 5. The summed E-state index contributed by atoms with van der Waals surface area (Å²) in [6, 6.07) is -0.964. The molecular weight excluding hydrogens is 190 g/mol. The van der Waals surface area contributed by atoms with Crippen molar-refractivity contribution in [2.45, 2.75) is 30.7 Å². The maximum Gasteiger partial charge on any atom is 0.305 e. The van der Waals surface area contributed by atoms with Gasteiger partial charge in [0.25, 0.3) is 0 Å². The molecule has 82 valence electrons. The number of hydrogen-bond donors (Lipinski definition) is 4. The van der Waals surface area contributed by atoms with Gasteiger partial charge in [-0.2, -0.15) is 0 Å². The first kappa shape index (κ1) is 11.4. The Labute approximate surface area is 81.5 Å². The van der Waals surface area contributed by atoms with Gasteiger partial charge in [0.05, 0.1) is 25.2 Å². The standard InChI is InChI=1S/C8H15NO5/c1-14-8-4(2-6(11)12)9-5(3-10)7(8)13/h4-5,7-10,13H,2-3H2,1H3,(H,11,12). The first-order chi connectivity index (χ1) is 6.60. The molecule has 1 heterocycles. The van der Waals surface area contributed by atoms with Crippen molar-refractivity contribution >= 4 is 5.97 Å². The number of carboxylic acids is 1. The Morgan fingerprint density at radius 1 is 1.50 bits per heavy atom. The lowest BCUT2D eigenvalue weighted by Gasteiger charge is -2.18. The molecule has 4 unspecified atom stereocenters. The van der Waals surface area contributed by atoms with Gasteiger partial charge in [0.2, 0.25) is 0 Å². The maximum absolute atomic E-state index is 10.5. The summed E-state index contributed by atoms with van der Waals surface area (Å²) in [4.78, 5) is 10.5. The lowest BCUT2D eigenvalue weighted by Crippen LogP contribution is -2.37. The number of rotatable bonds is 4. The highest BCUT2D eigenvalue weighted by Crippen LogP contribution is 2.19. The van der Waals surface area contributed by atoms with E-state index in [1.165, 1.54) is 7.11 Å². The highest BCUT2D eigenvalue weighted by molar-refractivity contribution is 5.67. The van der Waals surface area contributed by atoms with Crippen LogP contribution in [0.2, 0.25) is 0 Å². The number of carboxylic acid groups (broad SMARTS) is 1. The van der Waals surface area contributed by atoms with Gasteiger partial charge in [0.1, 0.15) is 6.10 Å². The monoisotopic (exact) mass is 205 g/mol. The van der Waals surface area contributed by atoms with Crippen LogP contribution in [0.25, 0.3) is 0 Å². The fourth-order valence-corrected chi connectivity index (χ4v) is 1.76. The van der Waals surface area contributed by atoms with Crippen molar-refractivity contribution < 1.29 is 24.9 Å². The molecule has 0 bridgehead atoms. The largest absolute Gasteiger partial charge is 0.481 e. The van der Waals surface area contributed by atoms with Gasteiger partial charge in [0, 0.05) is 13.2 Å². The van der Waals surface area contributed by atoms with Crippen LogP contribution in [-0.2, 0) is 9.53 Å². The summed E-state index contributed by atoms with van der Waals surface area (Å²) < 4.78 is 4.98. The summed E-state index contributed by atoms with van der Waals surface area (Å²) in [7, 11) is 1.41. The van der Waals surface area contributed by atoms with Crippen LogP contribution < -0.4 is 5.32 Å². The SMILES string of the molecule is COC1C(CC(=O)O)NC(CO)C1O. The van der Waals surface area contributed by atoms with Crippen LogP contribution in [0.4, 0.5) is 0 Å². The van der Waals surface area contributed by atoms with Gasteiger partial charge in [-0.3, -0.25) is 4.79 Å². The molecule has 1 aliphatic heterocycles. The molecule has 6 heteroatoms. The zero-order chi connectivity index (χ0) is 10.7. The molecular formula is C8H15NO5. The molecule has 6 nitrogen and oxygen atoms in total. The van der Waals surface area contributed by atoms with Crippen LogP contribution in [0.1, 0.15) is 6.42 Å². The molecule has 4 atom stereocenters. The second-order valence-electron chi connectivity index (χ2n) is 3.35. The summed E-state index contributed by atoms with van der Waals surface area (Å²) in [5, 5.41) is 29.9. The molecule has 1 rings (SSSR count). The number of ether oxygens (including phenoxy) is 1. The Morgan fingerprint density at radius 2 is 2.14 bits per heavy atom. The lowest BCUT2D eigenvalue weighted by molar-refractivity contribution is -0.138. The number of nitrogens with one attached hydrogen (secondary N) is 1. The molecule has 1 aliphatic rings. The molecule has 1 saturated heterocycles. The highest BCUT2D eigenvalue weighted by Gasteiger charge is 2.42. The van der Waals surface area contributed by atoms with Crippen LogP contribution in [0.3, 0.4) is 0 Å². The van der Waals surface area contributed by atoms with Crippen molar-refractivity contribution in [3.8, 4) is 0 Å². The lowest BCUT2D eigenvalue weighted by atomic mass is 10.1. The quantitative estimate of drug-likeness (QED) is 0.431. The summed E-state index contributed by atoms with van der Waals surface area (Å²) in [6.45, 7) is -0.239. The minimum Gasteiger partial charge on any atom is -0.481 e. The maximum atomic E-state index is 10.5. The van der Waals surface area contributed by atoms with Crippen LogP contribution >= 0.6 is 0 Å². The van der Waals surface area contributed by atoms with Crippen molar-refractivity contribution in [2.75, 3.05) is 13.7 Å². The van der Waals surface area contributed by atoms with Gasteiger partial charge in [-0.1, -0.05) is 0 Å². The molecule has 0 aromatic heterocycles. The Morgan fingerprint density at radius 3 is 2.57 bits per heavy atom. The fourth-order valence-electron chi connectivity index (χ4n) is 1.76. The minimum atomic E-state index is -0.963. The summed E-state index contributed by atoms with van der Waals surface area (Å²) in [6.07, 6.45) is -1.58. The summed E-state index contributed by atoms with van der Waals surface area (Å²) in [5.74, 6) is -0.963. The van der Waals surface area contributed by atoms with E-state index in [1.54, 1.807) is 0 Å². The smallest absolute Gasteiger partial charge is 0.305 e. The van der Waals surface area contributed by atoms with Gasteiger partial charge >= 0.3 is 5.97 Å². The zero-order valence-electron chi connectivity index (χ0n) is 7.88. The van der Waals surface area contributed by atoms with E-state index in [4.69, 9.17) is 14.9 Å². The van der Waals surface area contributed by atoms with Crippen LogP contribution in [0.5, 0.6) is 0 Å². The van der Waals surface area contributed by atoms with E-state index in [0.717, 1.165) is 0 Å². The third kappa shape index (κ3) is 2.21. The Hall–Kier alpha value is -0.690.